The fourth-order valence-corrected chi connectivity index (χ4v) is 3.29. The van der Waals surface area contributed by atoms with E-state index < -0.39 is 10.0 Å². The molecule has 1 aromatic carbocycles. The molecule has 106 valence electrons. The number of hydrogen-bond acceptors (Lipinski definition) is 4. The van der Waals surface area contributed by atoms with Crippen molar-refractivity contribution in [2.45, 2.75) is 18.7 Å². The van der Waals surface area contributed by atoms with Crippen LogP contribution in [0.15, 0.2) is 35.2 Å². The summed E-state index contributed by atoms with van der Waals surface area (Å²) in [5.41, 5.74) is 7.54. The zero-order valence-corrected chi connectivity index (χ0v) is 12.6. The Morgan fingerprint density at radius 2 is 1.95 bits per heavy atom. The van der Waals surface area contributed by atoms with E-state index in [0.29, 0.717) is 11.4 Å². The molecule has 0 unspecified atom stereocenters. The second-order valence-corrected chi connectivity index (χ2v) is 6.47. The Morgan fingerprint density at radius 1 is 1.25 bits per heavy atom. The minimum atomic E-state index is -3.82. The van der Waals surface area contributed by atoms with Gasteiger partial charge in [-0.3, -0.25) is 4.72 Å². The molecule has 0 bridgehead atoms. The molecule has 0 aliphatic carbocycles. The van der Waals surface area contributed by atoms with Gasteiger partial charge in [0.05, 0.1) is 5.02 Å². The molecule has 1 aromatic heterocycles. The standard InChI is InChI=1S/C13H14ClN3O2S/c1-8-6-10(14)12(7-11(8)15)20(18,19)17-13-5-3-4-9(2)16-13/h3-7H,15H2,1-2H3,(H,16,17). The highest BCUT2D eigenvalue weighted by molar-refractivity contribution is 7.92. The van der Waals surface area contributed by atoms with Gasteiger partial charge in [-0.05, 0) is 43.7 Å². The maximum absolute atomic E-state index is 12.3. The Labute approximate surface area is 122 Å². The third kappa shape index (κ3) is 3.02. The number of nitrogens with two attached hydrogens (primary N) is 1. The lowest BCUT2D eigenvalue weighted by Crippen LogP contribution is -2.15. The molecule has 0 radical (unpaired) electrons. The van der Waals surface area contributed by atoms with Crippen LogP contribution in [0, 0.1) is 13.8 Å². The van der Waals surface area contributed by atoms with E-state index in [9.17, 15) is 8.42 Å². The van der Waals surface area contributed by atoms with Gasteiger partial charge in [0.1, 0.15) is 10.7 Å². The molecule has 2 rings (SSSR count). The molecular formula is C13H14ClN3O2S. The van der Waals surface area contributed by atoms with Crippen LogP contribution < -0.4 is 10.5 Å². The lowest BCUT2D eigenvalue weighted by molar-refractivity contribution is 0.601. The van der Waals surface area contributed by atoms with E-state index >= 15 is 0 Å². The summed E-state index contributed by atoms with van der Waals surface area (Å²) in [5.74, 6) is 0.236. The van der Waals surface area contributed by atoms with Crippen molar-refractivity contribution in [3.63, 3.8) is 0 Å². The quantitative estimate of drug-likeness (QED) is 0.853. The number of anilines is 2. The number of nitrogens with one attached hydrogen (secondary N) is 1. The van der Waals surface area contributed by atoms with Gasteiger partial charge < -0.3 is 5.73 Å². The molecule has 0 atom stereocenters. The summed E-state index contributed by atoms with van der Waals surface area (Å²) in [7, 11) is -3.82. The Bertz CT molecular complexity index is 760. The smallest absolute Gasteiger partial charge is 0.264 e. The summed E-state index contributed by atoms with van der Waals surface area (Å²) in [6.45, 7) is 3.53. The monoisotopic (exact) mass is 311 g/mol. The third-order valence-corrected chi connectivity index (χ3v) is 4.56. The zero-order chi connectivity index (χ0) is 14.9. The molecule has 5 nitrogen and oxygen atoms in total. The summed E-state index contributed by atoms with van der Waals surface area (Å²) >= 11 is 5.99. The maximum Gasteiger partial charge on any atom is 0.264 e. The van der Waals surface area contributed by atoms with Crippen molar-refractivity contribution in [2.75, 3.05) is 10.5 Å². The van der Waals surface area contributed by atoms with E-state index in [4.69, 9.17) is 17.3 Å². The summed E-state index contributed by atoms with van der Waals surface area (Å²) in [6.07, 6.45) is 0. The van der Waals surface area contributed by atoms with Crippen LogP contribution in [0.2, 0.25) is 5.02 Å². The number of halogens is 1. The van der Waals surface area contributed by atoms with E-state index in [1.165, 1.54) is 12.1 Å². The minimum absolute atomic E-state index is 0.0643. The first-order chi connectivity index (χ1) is 9.29. The zero-order valence-electron chi connectivity index (χ0n) is 11.0. The van der Waals surface area contributed by atoms with Gasteiger partial charge in [-0.2, -0.15) is 0 Å². The van der Waals surface area contributed by atoms with E-state index in [-0.39, 0.29) is 15.7 Å². The topological polar surface area (TPSA) is 85.1 Å². The number of aromatic nitrogens is 1. The van der Waals surface area contributed by atoms with Gasteiger partial charge in [0.2, 0.25) is 0 Å². The summed E-state index contributed by atoms with van der Waals surface area (Å²) in [6, 6.07) is 7.92. The van der Waals surface area contributed by atoms with Gasteiger partial charge in [-0.25, -0.2) is 13.4 Å². The number of hydrogen-bond donors (Lipinski definition) is 2. The van der Waals surface area contributed by atoms with Crippen LogP contribution in [0.25, 0.3) is 0 Å². The van der Waals surface area contributed by atoms with Crippen molar-refractivity contribution < 1.29 is 8.42 Å². The van der Waals surface area contributed by atoms with Crippen LogP contribution in [0.1, 0.15) is 11.3 Å². The molecule has 0 saturated heterocycles. The number of benzene rings is 1. The van der Waals surface area contributed by atoms with Gasteiger partial charge >= 0.3 is 0 Å². The molecule has 1 heterocycles. The van der Waals surface area contributed by atoms with Gasteiger partial charge in [0.25, 0.3) is 10.0 Å². The average molecular weight is 312 g/mol. The Balaban J connectivity index is 2.43. The van der Waals surface area contributed by atoms with Gasteiger partial charge in [-0.1, -0.05) is 17.7 Å². The molecule has 0 saturated carbocycles. The predicted octanol–water partition coefficient (Wildman–Crippen LogP) is 2.73. The molecule has 0 fully saturated rings. The van der Waals surface area contributed by atoms with Crippen LogP contribution >= 0.6 is 11.6 Å². The predicted molar refractivity (Wildman–Crippen MR) is 80.4 cm³/mol. The lowest BCUT2D eigenvalue weighted by atomic mass is 10.2. The largest absolute Gasteiger partial charge is 0.398 e. The number of rotatable bonds is 3. The molecular weight excluding hydrogens is 298 g/mol. The highest BCUT2D eigenvalue weighted by Gasteiger charge is 2.19. The van der Waals surface area contributed by atoms with Crippen LogP contribution in [-0.4, -0.2) is 13.4 Å². The number of sulfonamides is 1. The number of nitrogen functional groups attached to an aromatic ring is 1. The first kappa shape index (κ1) is 14.6. The van der Waals surface area contributed by atoms with E-state index in [2.05, 4.69) is 9.71 Å². The Hall–Kier alpha value is -1.79. The fourth-order valence-electron chi connectivity index (χ4n) is 1.67. The van der Waals surface area contributed by atoms with E-state index in [0.717, 1.165) is 5.56 Å². The number of nitrogens with zero attached hydrogens (tertiary/aromatic N) is 1. The molecule has 0 amide bonds. The molecule has 0 aliphatic rings. The molecule has 0 aliphatic heterocycles. The first-order valence-electron chi connectivity index (χ1n) is 5.82. The van der Waals surface area contributed by atoms with Crippen molar-refractivity contribution in [2.24, 2.45) is 0 Å². The van der Waals surface area contributed by atoms with Crippen molar-refractivity contribution in [1.82, 2.24) is 4.98 Å². The van der Waals surface area contributed by atoms with Crippen LogP contribution in [-0.2, 0) is 10.0 Å². The second kappa shape index (κ2) is 5.30. The van der Waals surface area contributed by atoms with Gasteiger partial charge in [-0.15, -0.1) is 0 Å². The van der Waals surface area contributed by atoms with Gasteiger partial charge in [0.15, 0.2) is 0 Å². The van der Waals surface area contributed by atoms with Crippen molar-refractivity contribution in [3.05, 3.63) is 46.6 Å². The van der Waals surface area contributed by atoms with Crippen molar-refractivity contribution >= 4 is 33.1 Å². The third-order valence-electron chi connectivity index (χ3n) is 2.74. The van der Waals surface area contributed by atoms with Gasteiger partial charge in [0, 0.05) is 11.4 Å². The van der Waals surface area contributed by atoms with Crippen molar-refractivity contribution in [1.29, 1.82) is 0 Å². The highest BCUT2D eigenvalue weighted by Crippen LogP contribution is 2.28. The van der Waals surface area contributed by atoms with E-state index in [1.807, 2.05) is 0 Å². The van der Waals surface area contributed by atoms with Crippen molar-refractivity contribution in [3.8, 4) is 0 Å². The van der Waals surface area contributed by atoms with E-state index in [1.54, 1.807) is 32.0 Å². The molecule has 3 N–H and O–H groups in total. The Kier molecular flexibility index (Phi) is 3.87. The number of pyridine rings is 1. The molecule has 2 aromatic rings. The summed E-state index contributed by atoms with van der Waals surface area (Å²) < 4.78 is 27.0. The maximum atomic E-state index is 12.3. The second-order valence-electron chi connectivity index (χ2n) is 4.41. The SMILES string of the molecule is Cc1cccc(NS(=O)(=O)c2cc(N)c(C)cc2Cl)n1. The summed E-state index contributed by atoms with van der Waals surface area (Å²) in [4.78, 5) is 4.02. The normalized spacial score (nSPS) is 11.3. The van der Waals surface area contributed by atoms with Crippen LogP contribution in [0.5, 0.6) is 0 Å². The number of aryl methyl sites for hydroxylation is 2. The molecule has 0 spiro atoms. The molecule has 7 heteroatoms. The first-order valence-corrected chi connectivity index (χ1v) is 7.68. The Morgan fingerprint density at radius 3 is 2.60 bits per heavy atom. The molecule has 20 heavy (non-hydrogen) atoms. The highest BCUT2D eigenvalue weighted by atomic mass is 35.5. The summed E-state index contributed by atoms with van der Waals surface area (Å²) in [5, 5.41) is 0.122. The minimum Gasteiger partial charge on any atom is -0.398 e. The van der Waals surface area contributed by atoms with Crippen LogP contribution in [0.3, 0.4) is 0 Å². The van der Waals surface area contributed by atoms with Crippen LogP contribution in [0.4, 0.5) is 11.5 Å². The fraction of sp³-hybridized carbons (Fsp3) is 0.154. The average Bonchev–Trinajstić information content (AvgIpc) is 2.33. The lowest BCUT2D eigenvalue weighted by Gasteiger charge is -2.11.